The average Bonchev–Trinajstić information content (AvgIpc) is 3.31. The highest BCUT2D eigenvalue weighted by Gasteiger charge is 2.31. The molecule has 1 aliphatic carbocycles. The van der Waals surface area contributed by atoms with Gasteiger partial charge in [-0.15, -0.1) is 0 Å². The first kappa shape index (κ1) is 30.1. The molecule has 4 aromatic rings. The molecule has 0 bridgehead atoms. The van der Waals surface area contributed by atoms with Gasteiger partial charge >= 0.3 is 0 Å². The molecule has 43 heavy (non-hydrogen) atoms. The number of para-hydroxylation sites is 1. The summed E-state index contributed by atoms with van der Waals surface area (Å²) < 4.78 is 8.68. The number of hydrogen-bond acceptors (Lipinski definition) is 7. The number of benzene rings is 2. The fourth-order valence-electron chi connectivity index (χ4n) is 5.57. The third-order valence-electron chi connectivity index (χ3n) is 8.04. The zero-order chi connectivity index (χ0) is 30.5. The highest BCUT2D eigenvalue weighted by atomic mass is 16.5. The molecule has 1 saturated carbocycles. The summed E-state index contributed by atoms with van der Waals surface area (Å²) in [5.41, 5.74) is 6.52. The molecule has 2 N–H and O–H groups in total. The average molecular weight is 582 g/mol. The van der Waals surface area contributed by atoms with Crippen LogP contribution in [-0.4, -0.2) is 66.2 Å². The summed E-state index contributed by atoms with van der Waals surface area (Å²) in [6, 6.07) is 12.3. The van der Waals surface area contributed by atoms with Crippen LogP contribution < -0.4 is 20.3 Å². The number of carbonyl (C=O) groups excluding carboxylic acids is 1. The van der Waals surface area contributed by atoms with E-state index in [4.69, 9.17) is 9.72 Å². The van der Waals surface area contributed by atoms with Crippen LogP contribution in [0.5, 0.6) is 5.75 Å². The lowest BCUT2D eigenvalue weighted by Gasteiger charge is -2.34. The van der Waals surface area contributed by atoms with E-state index in [0.29, 0.717) is 24.2 Å². The molecule has 0 saturated heterocycles. The second-order valence-electron chi connectivity index (χ2n) is 11.5. The highest BCUT2D eigenvalue weighted by molar-refractivity contribution is 6.03. The van der Waals surface area contributed by atoms with Crippen molar-refractivity contribution in [3.05, 3.63) is 67.0 Å². The lowest BCUT2D eigenvalue weighted by molar-refractivity contribution is -0.111. The van der Waals surface area contributed by atoms with Gasteiger partial charge in [0.05, 0.1) is 23.7 Å². The zero-order valence-corrected chi connectivity index (χ0v) is 26.0. The van der Waals surface area contributed by atoms with Crippen molar-refractivity contribution in [1.82, 2.24) is 19.4 Å². The van der Waals surface area contributed by atoms with Crippen molar-refractivity contribution < 1.29 is 9.53 Å². The van der Waals surface area contributed by atoms with Crippen LogP contribution in [0.4, 0.5) is 23.0 Å². The van der Waals surface area contributed by atoms with Gasteiger partial charge in [0.15, 0.2) is 0 Å². The highest BCUT2D eigenvalue weighted by Crippen LogP contribution is 2.52. The van der Waals surface area contributed by atoms with Gasteiger partial charge in [-0.2, -0.15) is 0 Å². The molecule has 9 nitrogen and oxygen atoms in total. The number of nitrogens with one attached hydrogen (secondary N) is 2. The summed E-state index contributed by atoms with van der Waals surface area (Å²) in [4.78, 5) is 26.6. The molecular formula is C34H43N7O2. The second-order valence-corrected chi connectivity index (χ2v) is 11.5. The van der Waals surface area contributed by atoms with E-state index >= 15 is 0 Å². The summed E-state index contributed by atoms with van der Waals surface area (Å²) in [6.45, 7) is 7.97. The standard InChI is InChI=1S/C34H43N7O2/c1-7-20-43-33-31(23-12-11-13-23)27(21-28(36-30(42)8-2)32(33)40(5)19-18-39(3)4)38-34-35-17-16-26(37-34)25-22-41(6)29-15-10-9-14-24(25)29/h8-10,14-17,21-23H,2,7,11-13,18-20H2,1,3-6H3,(H,36,42)(H,35,37,38). The lowest BCUT2D eigenvalue weighted by atomic mass is 9.78. The van der Waals surface area contributed by atoms with Crippen LogP contribution in [0.1, 0.15) is 44.1 Å². The van der Waals surface area contributed by atoms with Gasteiger partial charge in [0.2, 0.25) is 11.9 Å². The Morgan fingerprint density at radius 1 is 1.16 bits per heavy atom. The van der Waals surface area contributed by atoms with Crippen LogP contribution in [0.25, 0.3) is 22.2 Å². The summed E-state index contributed by atoms with van der Waals surface area (Å²) >= 11 is 0. The van der Waals surface area contributed by atoms with E-state index in [1.165, 1.54) is 12.5 Å². The smallest absolute Gasteiger partial charge is 0.247 e. The summed E-state index contributed by atoms with van der Waals surface area (Å²) in [5.74, 6) is 1.35. The molecule has 0 aliphatic heterocycles. The van der Waals surface area contributed by atoms with Gasteiger partial charge in [0.25, 0.3) is 0 Å². The number of nitrogens with zero attached hydrogens (tertiary/aromatic N) is 5. The van der Waals surface area contributed by atoms with E-state index < -0.39 is 0 Å². The van der Waals surface area contributed by atoms with E-state index in [0.717, 1.165) is 77.2 Å². The van der Waals surface area contributed by atoms with Gasteiger partial charge in [-0.05, 0) is 63.6 Å². The largest absolute Gasteiger partial charge is 0.491 e. The van der Waals surface area contributed by atoms with Gasteiger partial charge in [-0.1, -0.05) is 38.1 Å². The molecule has 2 aromatic heterocycles. The number of anilines is 4. The van der Waals surface area contributed by atoms with Crippen LogP contribution >= 0.6 is 0 Å². The Morgan fingerprint density at radius 3 is 2.65 bits per heavy atom. The van der Waals surface area contributed by atoms with Crippen molar-refractivity contribution in [2.24, 2.45) is 7.05 Å². The summed E-state index contributed by atoms with van der Waals surface area (Å²) in [5, 5.41) is 7.74. The molecule has 0 atom stereocenters. The lowest BCUT2D eigenvalue weighted by Crippen LogP contribution is -2.30. The molecule has 2 heterocycles. The van der Waals surface area contributed by atoms with Crippen molar-refractivity contribution in [2.45, 2.75) is 38.5 Å². The first-order chi connectivity index (χ1) is 20.8. The second kappa shape index (κ2) is 13.3. The van der Waals surface area contributed by atoms with E-state index in [9.17, 15) is 4.79 Å². The Bertz CT molecular complexity index is 1610. The Hall–Kier alpha value is -4.37. The van der Waals surface area contributed by atoms with Gasteiger partial charge < -0.3 is 29.7 Å². The van der Waals surface area contributed by atoms with Gasteiger partial charge in [0, 0.05) is 61.6 Å². The first-order valence-electron chi connectivity index (χ1n) is 15.1. The molecule has 1 aliphatic rings. The minimum atomic E-state index is -0.278. The first-order valence-corrected chi connectivity index (χ1v) is 15.1. The molecule has 0 unspecified atom stereocenters. The minimum Gasteiger partial charge on any atom is -0.491 e. The predicted octanol–water partition coefficient (Wildman–Crippen LogP) is 6.56. The SMILES string of the molecule is C=CC(=O)Nc1cc(Nc2nccc(-c3cn(C)c4ccccc34)n2)c(C2CCC2)c(OCCC)c1N(C)CCN(C)C. The van der Waals surface area contributed by atoms with Crippen molar-refractivity contribution in [1.29, 1.82) is 0 Å². The maximum Gasteiger partial charge on any atom is 0.247 e. The monoisotopic (exact) mass is 581 g/mol. The van der Waals surface area contributed by atoms with Crippen molar-refractivity contribution >= 4 is 39.8 Å². The van der Waals surface area contributed by atoms with E-state index in [1.807, 2.05) is 31.3 Å². The fourth-order valence-corrected chi connectivity index (χ4v) is 5.57. The van der Waals surface area contributed by atoms with Crippen LogP contribution in [-0.2, 0) is 11.8 Å². The van der Waals surface area contributed by atoms with Gasteiger partial charge in [-0.25, -0.2) is 9.97 Å². The molecule has 1 amide bonds. The number of carbonyl (C=O) groups is 1. The van der Waals surface area contributed by atoms with Crippen LogP contribution in [0.2, 0.25) is 0 Å². The van der Waals surface area contributed by atoms with Crippen LogP contribution in [0, 0.1) is 0 Å². The maximum atomic E-state index is 12.7. The molecule has 1 fully saturated rings. The number of amides is 1. The van der Waals surface area contributed by atoms with Gasteiger partial charge in [-0.3, -0.25) is 4.79 Å². The molecule has 0 spiro atoms. The Morgan fingerprint density at radius 2 is 1.95 bits per heavy atom. The number of aromatic nitrogens is 3. The quantitative estimate of drug-likeness (QED) is 0.173. The molecule has 5 rings (SSSR count). The number of ether oxygens (including phenoxy) is 1. The van der Waals surface area contributed by atoms with E-state index in [2.05, 4.69) is 83.0 Å². The molecule has 0 radical (unpaired) electrons. The number of aryl methyl sites for hydroxylation is 1. The minimum absolute atomic E-state index is 0.278. The fraction of sp³-hybridized carbons (Fsp3) is 0.382. The van der Waals surface area contributed by atoms with E-state index in [-0.39, 0.29) is 5.91 Å². The normalized spacial score (nSPS) is 13.2. The zero-order valence-electron chi connectivity index (χ0n) is 26.0. The van der Waals surface area contributed by atoms with E-state index in [1.54, 1.807) is 6.20 Å². The molecule has 9 heteroatoms. The number of fused-ring (bicyclic) bond motifs is 1. The Kier molecular flexibility index (Phi) is 9.31. The van der Waals surface area contributed by atoms with Crippen molar-refractivity contribution in [3.63, 3.8) is 0 Å². The predicted molar refractivity (Wildman–Crippen MR) is 177 cm³/mol. The maximum absolute atomic E-state index is 12.7. The third kappa shape index (κ3) is 6.51. The summed E-state index contributed by atoms with van der Waals surface area (Å²) in [7, 11) is 8.21. The third-order valence-corrected chi connectivity index (χ3v) is 8.04. The molecule has 2 aromatic carbocycles. The number of hydrogen-bond donors (Lipinski definition) is 2. The number of rotatable bonds is 13. The van der Waals surface area contributed by atoms with Crippen LogP contribution in [0.15, 0.2) is 61.4 Å². The molecule has 226 valence electrons. The summed E-state index contributed by atoms with van der Waals surface area (Å²) in [6.07, 6.45) is 9.38. The van der Waals surface area contributed by atoms with Crippen molar-refractivity contribution in [2.75, 3.05) is 56.4 Å². The topological polar surface area (TPSA) is 87.5 Å². The van der Waals surface area contributed by atoms with Gasteiger partial charge in [0.1, 0.15) is 11.4 Å². The Balaban J connectivity index is 1.63. The van der Waals surface area contributed by atoms with Crippen LogP contribution in [0.3, 0.4) is 0 Å². The number of likely N-dealkylation sites (N-methyl/N-ethyl adjacent to an activating group) is 2. The molecular weight excluding hydrogens is 538 g/mol. The van der Waals surface area contributed by atoms with Crippen molar-refractivity contribution in [3.8, 4) is 17.0 Å². The Labute approximate surface area is 254 Å².